The van der Waals surface area contributed by atoms with Gasteiger partial charge in [-0.05, 0) is 37.1 Å². The zero-order chi connectivity index (χ0) is 22.3. The Labute approximate surface area is 186 Å². The van der Waals surface area contributed by atoms with E-state index in [0.717, 1.165) is 25.7 Å². The Morgan fingerprint density at radius 3 is 2.59 bits per heavy atom. The lowest BCUT2D eigenvalue weighted by Gasteiger charge is -2.24. The molecular weight excluding hydrogens is 412 g/mol. The van der Waals surface area contributed by atoms with Crippen LogP contribution in [-0.4, -0.2) is 42.1 Å². The molecule has 0 radical (unpaired) electrons. The number of nitrogens with zero attached hydrogens (tertiary/aromatic N) is 2. The molecule has 9 nitrogen and oxygen atoms in total. The molecule has 0 unspecified atom stereocenters. The second-order valence-corrected chi connectivity index (χ2v) is 7.83. The highest BCUT2D eigenvalue weighted by Crippen LogP contribution is 2.35. The molecule has 1 fully saturated rings. The number of aromatic nitrogens is 1. The summed E-state index contributed by atoms with van der Waals surface area (Å²) >= 11 is 0. The normalized spacial score (nSPS) is 14.8. The lowest BCUT2D eigenvalue weighted by molar-refractivity contribution is -0.125. The Hall–Kier alpha value is -3.62. The van der Waals surface area contributed by atoms with Gasteiger partial charge >= 0.3 is 0 Å². The van der Waals surface area contributed by atoms with E-state index in [1.54, 1.807) is 42.6 Å². The highest BCUT2D eigenvalue weighted by atomic mass is 16.7. The van der Waals surface area contributed by atoms with Gasteiger partial charge in [0, 0.05) is 36.8 Å². The molecule has 1 aliphatic carbocycles. The molecule has 2 aromatic rings. The van der Waals surface area contributed by atoms with Crippen LogP contribution in [0.1, 0.15) is 38.5 Å². The number of pyridine rings is 1. The van der Waals surface area contributed by atoms with E-state index in [1.807, 2.05) is 0 Å². The number of carbonyl (C=O) groups is 3. The van der Waals surface area contributed by atoms with Gasteiger partial charge in [0.1, 0.15) is 12.4 Å². The van der Waals surface area contributed by atoms with E-state index >= 15 is 0 Å². The molecule has 0 spiro atoms. The van der Waals surface area contributed by atoms with E-state index in [0.29, 0.717) is 23.0 Å². The summed E-state index contributed by atoms with van der Waals surface area (Å²) in [7, 11) is 0. The first-order chi connectivity index (χ1) is 15.6. The second-order valence-electron chi connectivity index (χ2n) is 7.83. The minimum atomic E-state index is -0.332. The Morgan fingerprint density at radius 2 is 1.81 bits per heavy atom. The molecule has 4 rings (SSSR count). The molecule has 168 valence electrons. The Bertz CT molecular complexity index is 976. The van der Waals surface area contributed by atoms with Crippen LogP contribution in [0.2, 0.25) is 0 Å². The van der Waals surface area contributed by atoms with Crippen molar-refractivity contribution in [1.29, 1.82) is 0 Å². The van der Waals surface area contributed by atoms with Crippen LogP contribution in [0.3, 0.4) is 0 Å². The zero-order valence-electron chi connectivity index (χ0n) is 17.7. The van der Waals surface area contributed by atoms with Gasteiger partial charge in [-0.2, -0.15) is 0 Å². The number of benzene rings is 1. The summed E-state index contributed by atoms with van der Waals surface area (Å²) in [5.41, 5.74) is 0.519. The molecule has 0 atom stereocenters. The fourth-order valence-corrected chi connectivity index (χ4v) is 3.86. The summed E-state index contributed by atoms with van der Waals surface area (Å²) in [6.45, 7) is -0.0145. The van der Waals surface area contributed by atoms with Gasteiger partial charge in [0.05, 0.1) is 0 Å². The van der Waals surface area contributed by atoms with Gasteiger partial charge in [0.2, 0.25) is 24.5 Å². The Morgan fingerprint density at radius 1 is 1.00 bits per heavy atom. The maximum Gasteiger partial charge on any atom is 0.240 e. The number of nitrogens with one attached hydrogen (secondary N) is 2. The highest BCUT2D eigenvalue weighted by Gasteiger charge is 2.25. The molecule has 0 bridgehead atoms. The highest BCUT2D eigenvalue weighted by molar-refractivity contribution is 6.01. The number of fused-ring (bicyclic) bond motifs is 1. The molecule has 1 saturated carbocycles. The largest absolute Gasteiger partial charge is 0.454 e. The number of carbonyl (C=O) groups excluding carboxylic acids is 3. The van der Waals surface area contributed by atoms with Crippen LogP contribution in [0, 0.1) is 0 Å². The van der Waals surface area contributed by atoms with Crippen molar-refractivity contribution in [2.45, 2.75) is 44.6 Å². The zero-order valence-corrected chi connectivity index (χ0v) is 17.7. The summed E-state index contributed by atoms with van der Waals surface area (Å²) in [5, 5.41) is 5.67. The molecule has 1 aromatic carbocycles. The van der Waals surface area contributed by atoms with Crippen molar-refractivity contribution in [3.8, 4) is 11.5 Å². The summed E-state index contributed by atoms with van der Waals surface area (Å²) in [4.78, 5) is 43.4. The molecular formula is C23H26N4O5. The smallest absolute Gasteiger partial charge is 0.240 e. The van der Waals surface area contributed by atoms with Crippen molar-refractivity contribution in [3.63, 3.8) is 0 Å². The van der Waals surface area contributed by atoms with E-state index in [4.69, 9.17) is 9.47 Å². The summed E-state index contributed by atoms with van der Waals surface area (Å²) in [6, 6.07) is 10.4. The summed E-state index contributed by atoms with van der Waals surface area (Å²) in [5.74, 6) is 0.657. The first-order valence-electron chi connectivity index (χ1n) is 10.8. The number of rotatable bonds is 8. The van der Waals surface area contributed by atoms with Crippen molar-refractivity contribution in [1.82, 2.24) is 10.3 Å². The van der Waals surface area contributed by atoms with Gasteiger partial charge in [-0.25, -0.2) is 4.98 Å². The van der Waals surface area contributed by atoms with Gasteiger partial charge in [-0.3, -0.25) is 14.4 Å². The molecule has 2 aliphatic rings. The molecule has 3 amide bonds. The van der Waals surface area contributed by atoms with Crippen LogP contribution in [0.25, 0.3) is 0 Å². The molecule has 0 saturated heterocycles. The Balaban J connectivity index is 1.42. The van der Waals surface area contributed by atoms with Crippen LogP contribution in [0.15, 0.2) is 42.6 Å². The topological polar surface area (TPSA) is 110 Å². The third kappa shape index (κ3) is 5.54. The number of hydrogen-bond donors (Lipinski definition) is 2. The van der Waals surface area contributed by atoms with Gasteiger partial charge in [0.25, 0.3) is 0 Å². The molecule has 2 heterocycles. The van der Waals surface area contributed by atoms with E-state index in [2.05, 4.69) is 15.6 Å². The minimum absolute atomic E-state index is 0.0271. The lowest BCUT2D eigenvalue weighted by Crippen LogP contribution is -2.43. The van der Waals surface area contributed by atoms with Crippen LogP contribution < -0.4 is 25.0 Å². The fourth-order valence-electron chi connectivity index (χ4n) is 3.86. The van der Waals surface area contributed by atoms with Crippen LogP contribution in [-0.2, 0) is 14.4 Å². The van der Waals surface area contributed by atoms with Crippen molar-refractivity contribution < 1.29 is 23.9 Å². The first kappa shape index (κ1) is 21.6. The van der Waals surface area contributed by atoms with Crippen LogP contribution in [0.4, 0.5) is 11.5 Å². The summed E-state index contributed by atoms with van der Waals surface area (Å²) < 4.78 is 10.7. The maximum absolute atomic E-state index is 13.1. The average Bonchev–Trinajstić information content (AvgIpc) is 3.48. The second kappa shape index (κ2) is 10.1. The molecule has 32 heavy (non-hydrogen) atoms. The van der Waals surface area contributed by atoms with Crippen molar-refractivity contribution in [3.05, 3.63) is 42.6 Å². The van der Waals surface area contributed by atoms with Crippen LogP contribution in [0.5, 0.6) is 11.5 Å². The third-order valence-corrected chi connectivity index (χ3v) is 5.49. The molecule has 9 heteroatoms. The van der Waals surface area contributed by atoms with Gasteiger partial charge in [0.15, 0.2) is 11.5 Å². The predicted molar refractivity (Wildman–Crippen MR) is 117 cm³/mol. The van der Waals surface area contributed by atoms with Crippen molar-refractivity contribution in [2.75, 3.05) is 23.6 Å². The van der Waals surface area contributed by atoms with Crippen LogP contribution >= 0.6 is 0 Å². The number of hydrogen-bond acceptors (Lipinski definition) is 6. The molecule has 1 aromatic heterocycles. The molecule has 2 N–H and O–H groups in total. The minimum Gasteiger partial charge on any atom is -0.454 e. The standard InChI is InChI=1S/C23H26N4O5/c28-21(26-20-7-3-4-12-24-20)10-11-23(30)27(14-22(29)25-16-5-1-2-6-16)17-8-9-18-19(13-17)32-15-31-18/h3-4,7-9,12-13,16H,1-2,5-6,10-11,14-15H2,(H,25,29)(H,24,26,28). The van der Waals surface area contributed by atoms with E-state index in [9.17, 15) is 14.4 Å². The maximum atomic E-state index is 13.1. The number of anilines is 2. The van der Waals surface area contributed by atoms with Gasteiger partial charge in [-0.1, -0.05) is 18.9 Å². The van der Waals surface area contributed by atoms with E-state index < -0.39 is 0 Å². The SMILES string of the molecule is O=C(CCC(=O)N(CC(=O)NC1CCCC1)c1ccc2c(c1)OCO2)Nc1ccccn1. The predicted octanol–water partition coefficient (Wildman–Crippen LogP) is 2.62. The van der Waals surface area contributed by atoms with Gasteiger partial charge < -0.3 is 25.0 Å². The summed E-state index contributed by atoms with van der Waals surface area (Å²) in [6.07, 6.45) is 5.60. The number of amides is 3. The van der Waals surface area contributed by atoms with Crippen molar-refractivity contribution >= 4 is 29.2 Å². The monoisotopic (exact) mass is 438 g/mol. The lowest BCUT2D eigenvalue weighted by atomic mass is 10.2. The first-order valence-corrected chi connectivity index (χ1v) is 10.8. The van der Waals surface area contributed by atoms with E-state index in [1.165, 1.54) is 4.90 Å². The average molecular weight is 438 g/mol. The van der Waals surface area contributed by atoms with E-state index in [-0.39, 0.29) is 49.9 Å². The quantitative estimate of drug-likeness (QED) is 0.656. The van der Waals surface area contributed by atoms with Crippen molar-refractivity contribution in [2.24, 2.45) is 0 Å². The molecule has 1 aliphatic heterocycles. The fraction of sp³-hybridized carbons (Fsp3) is 0.391. The number of ether oxygens (including phenoxy) is 2. The Kier molecular flexibility index (Phi) is 6.84. The van der Waals surface area contributed by atoms with Gasteiger partial charge in [-0.15, -0.1) is 0 Å². The third-order valence-electron chi connectivity index (χ3n) is 5.49.